The Hall–Kier alpha value is -0.0151. The van der Waals surface area contributed by atoms with Gasteiger partial charge in [0, 0.05) is 20.7 Å². The van der Waals surface area contributed by atoms with Gasteiger partial charge in [0.2, 0.25) is 0 Å². The fourth-order valence-corrected chi connectivity index (χ4v) is 3.25. The van der Waals surface area contributed by atoms with Crippen molar-refractivity contribution in [1.82, 2.24) is 0 Å². The SMILES string of the molecule is BC1OC2CO[PH]#CO[C@H]2[C@]12CCCO2. The van der Waals surface area contributed by atoms with E-state index in [0.29, 0.717) is 6.61 Å². The number of hydrogen-bond donors (Lipinski definition) is 0. The molecule has 0 aromatic carbocycles. The lowest BCUT2D eigenvalue weighted by molar-refractivity contribution is -0.0735. The molecule has 3 rings (SSSR count). The number of hydrogen-bond acceptors (Lipinski definition) is 4. The molecule has 0 radical (unpaired) electrons. The van der Waals surface area contributed by atoms with Gasteiger partial charge in [0.05, 0.1) is 12.6 Å². The lowest BCUT2D eigenvalue weighted by atomic mass is 9.78. The molecule has 4 nitrogen and oxygen atoms in total. The Bertz CT molecular complexity index is 320. The van der Waals surface area contributed by atoms with Gasteiger partial charge in [-0.05, 0) is 12.8 Å². The zero-order valence-electron chi connectivity index (χ0n) is 8.69. The molecular formula is C9H14BO4P. The summed E-state index contributed by atoms with van der Waals surface area (Å²) in [5.74, 6) is 2.84. The molecule has 2 fully saturated rings. The third kappa shape index (κ3) is 1.47. The molecule has 6 heteroatoms. The van der Waals surface area contributed by atoms with Crippen LogP contribution in [-0.2, 0) is 18.7 Å². The van der Waals surface area contributed by atoms with E-state index < -0.39 is 0 Å². The van der Waals surface area contributed by atoms with Crippen molar-refractivity contribution in [2.75, 3.05) is 13.2 Å². The van der Waals surface area contributed by atoms with Crippen LogP contribution in [0.2, 0.25) is 0 Å². The molecule has 2 saturated heterocycles. The predicted molar refractivity (Wildman–Crippen MR) is 58.2 cm³/mol. The Morgan fingerprint density at radius 3 is 3.20 bits per heavy atom. The van der Waals surface area contributed by atoms with Crippen molar-refractivity contribution in [3.8, 4) is 5.81 Å². The van der Waals surface area contributed by atoms with Crippen molar-refractivity contribution in [3.05, 3.63) is 0 Å². The van der Waals surface area contributed by atoms with Crippen LogP contribution in [0.5, 0.6) is 0 Å². The van der Waals surface area contributed by atoms with Crippen LogP contribution in [0, 0.1) is 5.81 Å². The van der Waals surface area contributed by atoms with Crippen molar-refractivity contribution in [3.63, 3.8) is 0 Å². The lowest BCUT2D eigenvalue weighted by Crippen LogP contribution is -2.49. The monoisotopic (exact) mass is 228 g/mol. The number of ether oxygens (including phenoxy) is 3. The van der Waals surface area contributed by atoms with E-state index in [2.05, 4.69) is 13.7 Å². The predicted octanol–water partition coefficient (Wildman–Crippen LogP) is -0.181. The Kier molecular flexibility index (Phi) is 2.56. The van der Waals surface area contributed by atoms with Gasteiger partial charge in [-0.2, -0.15) is 0 Å². The topological polar surface area (TPSA) is 36.9 Å². The quantitative estimate of drug-likeness (QED) is 0.425. The van der Waals surface area contributed by atoms with E-state index in [-0.39, 0.29) is 32.1 Å². The zero-order chi connectivity index (χ0) is 10.3. The van der Waals surface area contributed by atoms with Gasteiger partial charge in [-0.25, -0.2) is 0 Å². The summed E-state index contributed by atoms with van der Waals surface area (Å²) < 4.78 is 22.8. The summed E-state index contributed by atoms with van der Waals surface area (Å²) in [4.78, 5) is 0. The average Bonchev–Trinajstić information content (AvgIpc) is 2.72. The molecule has 0 aromatic heterocycles. The van der Waals surface area contributed by atoms with Crippen LogP contribution in [0.4, 0.5) is 0 Å². The number of rotatable bonds is 0. The molecule has 3 unspecified atom stereocenters. The van der Waals surface area contributed by atoms with E-state index in [4.69, 9.17) is 18.7 Å². The first-order valence-corrected chi connectivity index (χ1v) is 6.30. The van der Waals surface area contributed by atoms with Crippen LogP contribution in [0.3, 0.4) is 0 Å². The molecule has 1 spiro atoms. The van der Waals surface area contributed by atoms with Crippen molar-refractivity contribution in [1.29, 1.82) is 0 Å². The summed E-state index contributed by atoms with van der Waals surface area (Å²) in [6, 6.07) is 0.0850. The number of fused-ring (bicyclic) bond motifs is 2. The maximum Gasteiger partial charge on any atom is 0.143 e. The van der Waals surface area contributed by atoms with E-state index in [1.54, 1.807) is 0 Å². The fourth-order valence-electron chi connectivity index (χ4n) is 2.77. The molecule has 5 atom stereocenters. The van der Waals surface area contributed by atoms with Crippen LogP contribution >= 0.6 is 8.26 Å². The molecule has 3 heterocycles. The van der Waals surface area contributed by atoms with E-state index in [9.17, 15) is 0 Å². The van der Waals surface area contributed by atoms with Crippen LogP contribution in [0.15, 0.2) is 0 Å². The van der Waals surface area contributed by atoms with Crippen molar-refractivity contribution >= 4 is 16.1 Å². The minimum Gasteiger partial charge on any atom is -0.376 e. The van der Waals surface area contributed by atoms with Crippen molar-refractivity contribution < 1.29 is 18.7 Å². The molecule has 0 aromatic rings. The molecule has 3 aliphatic heterocycles. The van der Waals surface area contributed by atoms with Gasteiger partial charge in [0.25, 0.3) is 0 Å². The summed E-state index contributed by atoms with van der Waals surface area (Å²) in [5, 5.41) is 0. The molecule has 3 aliphatic rings. The van der Waals surface area contributed by atoms with Gasteiger partial charge in [-0.1, -0.05) is 0 Å². The Morgan fingerprint density at radius 2 is 2.40 bits per heavy atom. The first-order chi connectivity index (χ1) is 7.33. The van der Waals surface area contributed by atoms with Crippen LogP contribution in [0.1, 0.15) is 12.8 Å². The second-order valence-electron chi connectivity index (χ2n) is 4.28. The molecule has 0 bridgehead atoms. The van der Waals surface area contributed by atoms with Crippen LogP contribution in [0.25, 0.3) is 0 Å². The lowest BCUT2D eigenvalue weighted by Gasteiger charge is -2.31. The highest BCUT2D eigenvalue weighted by atomic mass is 31.1. The van der Waals surface area contributed by atoms with E-state index in [1.807, 2.05) is 0 Å². The van der Waals surface area contributed by atoms with Crippen LogP contribution in [-0.4, -0.2) is 44.9 Å². The summed E-state index contributed by atoms with van der Waals surface area (Å²) in [5.41, 5.74) is -0.254. The van der Waals surface area contributed by atoms with E-state index in [0.717, 1.165) is 19.4 Å². The summed E-state index contributed by atoms with van der Waals surface area (Å²) in [6.45, 7) is 1.40. The smallest absolute Gasteiger partial charge is 0.143 e. The second kappa shape index (κ2) is 3.78. The highest BCUT2D eigenvalue weighted by Gasteiger charge is 2.58. The highest BCUT2D eigenvalue weighted by molar-refractivity contribution is 7.20. The summed E-state index contributed by atoms with van der Waals surface area (Å²) >= 11 is 0. The highest BCUT2D eigenvalue weighted by Crippen LogP contribution is 2.43. The second-order valence-corrected chi connectivity index (χ2v) is 4.97. The summed E-state index contributed by atoms with van der Waals surface area (Å²) in [7, 11) is 2.25. The molecule has 0 amide bonds. The minimum atomic E-state index is -0.254. The zero-order valence-corrected chi connectivity index (χ0v) is 9.69. The first kappa shape index (κ1) is 10.2. The summed E-state index contributed by atoms with van der Waals surface area (Å²) in [6.07, 6.45) is 2.06. The standard InChI is InChI=1S/C9H14BO4P/c10-8-9(2-1-3-12-9)7-6(14-8)4-13-15-5-11-7/h6-8,15H,1-4,10H2/t6?,7-,8?,9-/m1/s1. The minimum absolute atomic E-state index is 0.000556. The molecule has 0 saturated carbocycles. The normalized spacial score (nSPS) is 50.0. The molecule has 15 heavy (non-hydrogen) atoms. The van der Waals surface area contributed by atoms with Gasteiger partial charge >= 0.3 is 0 Å². The first-order valence-electron chi connectivity index (χ1n) is 5.40. The maximum absolute atomic E-state index is 5.90. The van der Waals surface area contributed by atoms with Crippen molar-refractivity contribution in [2.24, 2.45) is 0 Å². The van der Waals surface area contributed by atoms with Crippen molar-refractivity contribution in [2.45, 2.75) is 36.7 Å². The molecule has 0 N–H and O–H groups in total. The van der Waals surface area contributed by atoms with E-state index >= 15 is 0 Å². The fraction of sp³-hybridized carbons (Fsp3) is 0.889. The Balaban J connectivity index is 1.91. The van der Waals surface area contributed by atoms with Gasteiger partial charge < -0.3 is 14.0 Å². The third-order valence-corrected chi connectivity index (χ3v) is 4.03. The Labute approximate surface area is 91.2 Å². The van der Waals surface area contributed by atoms with Gasteiger partial charge in [-0.3, -0.25) is 4.74 Å². The maximum atomic E-state index is 5.90. The van der Waals surface area contributed by atoms with Gasteiger partial charge in [0.1, 0.15) is 25.7 Å². The molecular weight excluding hydrogens is 214 g/mol. The average molecular weight is 228 g/mol. The van der Waals surface area contributed by atoms with Gasteiger partial charge in [-0.15, -0.1) is 0 Å². The Morgan fingerprint density at radius 1 is 1.47 bits per heavy atom. The largest absolute Gasteiger partial charge is 0.376 e. The third-order valence-electron chi connectivity index (χ3n) is 3.52. The van der Waals surface area contributed by atoms with E-state index in [1.165, 1.54) is 0 Å². The molecule has 0 aliphatic carbocycles. The molecule has 82 valence electrons. The van der Waals surface area contributed by atoms with Crippen LogP contribution < -0.4 is 0 Å². The van der Waals surface area contributed by atoms with Gasteiger partial charge in [0.15, 0.2) is 0 Å².